The number of hydrogen-bond acceptors (Lipinski definition) is 3. The average Bonchev–Trinajstić information content (AvgIpc) is 2.26. The minimum atomic E-state index is -0.354. The van der Waals surface area contributed by atoms with Crippen LogP contribution in [0.15, 0.2) is 35.4 Å². The maximum atomic E-state index is 11.5. The second-order valence-electron chi connectivity index (χ2n) is 3.30. The van der Waals surface area contributed by atoms with Crippen LogP contribution in [0.25, 0.3) is 0 Å². The molecule has 16 heavy (non-hydrogen) atoms. The van der Waals surface area contributed by atoms with Gasteiger partial charge in [-0.2, -0.15) is 0 Å². The summed E-state index contributed by atoms with van der Waals surface area (Å²) in [5.74, 6) is -0.260. The lowest BCUT2D eigenvalue weighted by atomic mass is 10.1. The first kappa shape index (κ1) is 10.7. The zero-order chi connectivity index (χ0) is 11.5. The summed E-state index contributed by atoms with van der Waals surface area (Å²) in [5, 5.41) is 10.0. The molecule has 2 rings (SSSR count). The Kier molecular flexibility index (Phi) is 2.92. The van der Waals surface area contributed by atoms with Gasteiger partial charge in [-0.1, -0.05) is 29.8 Å². The minimum absolute atomic E-state index is 0.218. The second kappa shape index (κ2) is 4.37. The maximum absolute atomic E-state index is 11.5. The van der Waals surface area contributed by atoms with Crippen molar-refractivity contribution in [1.29, 1.82) is 0 Å². The van der Waals surface area contributed by atoms with Crippen LogP contribution >= 0.6 is 11.6 Å². The van der Waals surface area contributed by atoms with Crippen molar-refractivity contribution in [2.45, 2.75) is 6.42 Å². The van der Waals surface area contributed by atoms with E-state index in [0.29, 0.717) is 5.02 Å². The van der Waals surface area contributed by atoms with Gasteiger partial charge in [-0.25, -0.2) is 4.98 Å². The van der Waals surface area contributed by atoms with Gasteiger partial charge in [-0.15, -0.1) is 0 Å². The van der Waals surface area contributed by atoms with Gasteiger partial charge in [0.2, 0.25) is 5.88 Å². The molecule has 0 aliphatic rings. The lowest BCUT2D eigenvalue weighted by Gasteiger charge is -2.04. The number of aromatic hydroxyl groups is 1. The molecule has 1 aromatic carbocycles. The van der Waals surface area contributed by atoms with Crippen LogP contribution in [-0.2, 0) is 6.42 Å². The standard InChI is InChI=1S/C11H9ClN2O2/c12-9-4-2-1-3-7(9)5-8-10(15)13-6-14-11(8)16/h1-4,6H,5H2,(H2,13,14,15,16). The van der Waals surface area contributed by atoms with Gasteiger partial charge in [0.25, 0.3) is 5.56 Å². The van der Waals surface area contributed by atoms with Crippen LogP contribution in [0.4, 0.5) is 0 Å². The van der Waals surface area contributed by atoms with Crippen molar-refractivity contribution < 1.29 is 5.11 Å². The van der Waals surface area contributed by atoms with Crippen molar-refractivity contribution in [3.05, 3.63) is 57.1 Å². The smallest absolute Gasteiger partial charge is 0.258 e. The number of aromatic nitrogens is 2. The summed E-state index contributed by atoms with van der Waals surface area (Å²) in [6.45, 7) is 0. The molecule has 0 saturated heterocycles. The van der Waals surface area contributed by atoms with Crippen LogP contribution in [0.3, 0.4) is 0 Å². The van der Waals surface area contributed by atoms with E-state index in [4.69, 9.17) is 11.6 Å². The number of nitrogens with zero attached hydrogens (tertiary/aromatic N) is 1. The Labute approximate surface area is 96.6 Å². The molecule has 0 aliphatic carbocycles. The number of hydrogen-bond donors (Lipinski definition) is 2. The summed E-state index contributed by atoms with van der Waals surface area (Å²) in [7, 11) is 0. The third-order valence-corrected chi connectivity index (χ3v) is 2.62. The van der Waals surface area contributed by atoms with Crippen molar-refractivity contribution in [2.75, 3.05) is 0 Å². The largest absolute Gasteiger partial charge is 0.493 e. The Morgan fingerprint density at radius 2 is 2.12 bits per heavy atom. The quantitative estimate of drug-likeness (QED) is 0.834. The van der Waals surface area contributed by atoms with E-state index >= 15 is 0 Å². The third kappa shape index (κ3) is 2.06. The average molecular weight is 237 g/mol. The van der Waals surface area contributed by atoms with Crippen LogP contribution < -0.4 is 5.56 Å². The Morgan fingerprint density at radius 1 is 1.38 bits per heavy atom. The second-order valence-corrected chi connectivity index (χ2v) is 3.71. The molecule has 0 radical (unpaired) electrons. The Bertz CT molecular complexity index is 566. The van der Waals surface area contributed by atoms with Gasteiger partial charge in [0.1, 0.15) is 0 Å². The molecule has 1 heterocycles. The third-order valence-electron chi connectivity index (χ3n) is 2.25. The molecule has 5 heteroatoms. The van der Waals surface area contributed by atoms with Crippen molar-refractivity contribution in [2.24, 2.45) is 0 Å². The number of H-pyrrole nitrogens is 1. The molecule has 2 N–H and O–H groups in total. The van der Waals surface area contributed by atoms with Gasteiger partial charge in [-0.05, 0) is 11.6 Å². The van der Waals surface area contributed by atoms with Crippen molar-refractivity contribution in [3.8, 4) is 5.88 Å². The molecular weight excluding hydrogens is 228 g/mol. The highest BCUT2D eigenvalue weighted by Crippen LogP contribution is 2.20. The molecule has 0 saturated carbocycles. The monoisotopic (exact) mass is 236 g/mol. The zero-order valence-electron chi connectivity index (χ0n) is 8.27. The predicted molar refractivity (Wildman–Crippen MR) is 60.8 cm³/mol. The molecule has 0 unspecified atom stereocenters. The van der Waals surface area contributed by atoms with E-state index in [1.54, 1.807) is 18.2 Å². The first-order valence-electron chi connectivity index (χ1n) is 4.67. The van der Waals surface area contributed by atoms with Crippen LogP contribution in [-0.4, -0.2) is 15.1 Å². The predicted octanol–water partition coefficient (Wildman–Crippen LogP) is 1.72. The summed E-state index contributed by atoms with van der Waals surface area (Å²) >= 11 is 5.96. The first-order valence-corrected chi connectivity index (χ1v) is 5.05. The van der Waals surface area contributed by atoms with Gasteiger partial charge >= 0.3 is 0 Å². The Balaban J connectivity index is 2.42. The van der Waals surface area contributed by atoms with E-state index in [1.165, 1.54) is 0 Å². The summed E-state index contributed by atoms with van der Waals surface area (Å²) in [6.07, 6.45) is 1.42. The lowest BCUT2D eigenvalue weighted by Crippen LogP contribution is -2.13. The number of nitrogens with one attached hydrogen (secondary N) is 1. The zero-order valence-corrected chi connectivity index (χ0v) is 9.03. The van der Waals surface area contributed by atoms with E-state index in [0.717, 1.165) is 11.9 Å². The van der Waals surface area contributed by atoms with Gasteiger partial charge in [0.15, 0.2) is 0 Å². The number of aromatic amines is 1. The summed E-state index contributed by atoms with van der Waals surface area (Å²) in [5.41, 5.74) is 0.640. The molecule has 0 amide bonds. The normalized spacial score (nSPS) is 10.3. The molecular formula is C11H9ClN2O2. The highest BCUT2D eigenvalue weighted by Gasteiger charge is 2.09. The summed E-state index contributed by atoms with van der Waals surface area (Å²) < 4.78 is 0. The Morgan fingerprint density at radius 3 is 2.81 bits per heavy atom. The molecule has 4 nitrogen and oxygen atoms in total. The summed E-state index contributed by atoms with van der Waals surface area (Å²) in [4.78, 5) is 17.5. The molecule has 0 fully saturated rings. The fraction of sp³-hybridized carbons (Fsp3) is 0.0909. The van der Waals surface area contributed by atoms with E-state index < -0.39 is 0 Å². The van der Waals surface area contributed by atoms with Crippen LogP contribution in [0.1, 0.15) is 11.1 Å². The molecule has 82 valence electrons. The highest BCUT2D eigenvalue weighted by molar-refractivity contribution is 6.31. The van der Waals surface area contributed by atoms with Gasteiger partial charge < -0.3 is 10.1 Å². The van der Waals surface area contributed by atoms with Gasteiger partial charge in [0.05, 0.1) is 11.9 Å². The SMILES string of the molecule is O=c1[nH]cnc(O)c1Cc1ccccc1Cl. The van der Waals surface area contributed by atoms with Crippen molar-refractivity contribution >= 4 is 11.6 Å². The fourth-order valence-electron chi connectivity index (χ4n) is 1.41. The van der Waals surface area contributed by atoms with Crippen molar-refractivity contribution in [3.63, 3.8) is 0 Å². The van der Waals surface area contributed by atoms with Gasteiger partial charge in [-0.3, -0.25) is 4.79 Å². The first-order chi connectivity index (χ1) is 7.68. The Hall–Kier alpha value is -1.81. The van der Waals surface area contributed by atoms with Crippen LogP contribution in [0.2, 0.25) is 5.02 Å². The lowest BCUT2D eigenvalue weighted by molar-refractivity contribution is 0.444. The van der Waals surface area contributed by atoms with Crippen molar-refractivity contribution in [1.82, 2.24) is 9.97 Å². The minimum Gasteiger partial charge on any atom is -0.493 e. The topological polar surface area (TPSA) is 66.0 Å². The number of rotatable bonds is 2. The van der Waals surface area contributed by atoms with Crippen LogP contribution in [0.5, 0.6) is 5.88 Å². The summed E-state index contributed by atoms with van der Waals surface area (Å²) in [6, 6.07) is 7.16. The molecule has 0 atom stereocenters. The molecule has 2 aromatic rings. The number of benzene rings is 1. The molecule has 0 spiro atoms. The maximum Gasteiger partial charge on any atom is 0.258 e. The van der Waals surface area contributed by atoms with E-state index in [1.807, 2.05) is 6.07 Å². The van der Waals surface area contributed by atoms with Gasteiger partial charge in [0, 0.05) is 11.4 Å². The fourth-order valence-corrected chi connectivity index (χ4v) is 1.61. The van der Waals surface area contributed by atoms with E-state index in [-0.39, 0.29) is 23.4 Å². The van der Waals surface area contributed by atoms with E-state index in [9.17, 15) is 9.90 Å². The van der Waals surface area contributed by atoms with Crippen LogP contribution in [0, 0.1) is 0 Å². The highest BCUT2D eigenvalue weighted by atomic mass is 35.5. The molecule has 1 aromatic heterocycles. The number of halogens is 1. The molecule has 0 aliphatic heterocycles. The molecule has 0 bridgehead atoms. The van der Waals surface area contributed by atoms with E-state index in [2.05, 4.69) is 9.97 Å².